The highest BCUT2D eigenvalue weighted by molar-refractivity contribution is 7.09. The van der Waals surface area contributed by atoms with Crippen LogP contribution in [-0.4, -0.2) is 26.6 Å². The van der Waals surface area contributed by atoms with Gasteiger partial charge in [-0.15, -0.1) is 11.3 Å². The minimum absolute atomic E-state index is 0.0652. The van der Waals surface area contributed by atoms with Crippen LogP contribution in [0.3, 0.4) is 0 Å². The van der Waals surface area contributed by atoms with Crippen molar-refractivity contribution in [1.82, 2.24) is 0 Å². The minimum Gasteiger partial charge on any atom is -0.495 e. The maximum atomic E-state index is 12.1. The molecule has 1 aromatic heterocycles. The fourth-order valence-electron chi connectivity index (χ4n) is 2.02. The number of methoxy groups -OCH3 is 1. The third kappa shape index (κ3) is 4.74. The van der Waals surface area contributed by atoms with Gasteiger partial charge in [-0.05, 0) is 29.6 Å². The fourth-order valence-corrected chi connectivity index (χ4v) is 3.01. The van der Waals surface area contributed by atoms with Gasteiger partial charge in [0.2, 0.25) is 0 Å². The fraction of sp³-hybridized carbons (Fsp3) is 0.267. The summed E-state index contributed by atoms with van der Waals surface area (Å²) < 4.78 is 5.21. The Kier molecular flexibility index (Phi) is 5.61. The van der Waals surface area contributed by atoms with Gasteiger partial charge in [-0.1, -0.05) is 17.7 Å². The number of quaternary nitrogens is 1. The predicted molar refractivity (Wildman–Crippen MR) is 86.4 cm³/mol. The summed E-state index contributed by atoms with van der Waals surface area (Å²) in [4.78, 5) is 14.5. The average Bonchev–Trinajstić information content (AvgIpc) is 2.91. The van der Waals surface area contributed by atoms with Crippen LogP contribution < -0.4 is 15.0 Å². The summed E-state index contributed by atoms with van der Waals surface area (Å²) in [5.74, 6) is 0.535. The highest BCUT2D eigenvalue weighted by atomic mass is 35.5. The number of carbonyl (C=O) groups excluding carboxylic acids is 1. The maximum Gasteiger partial charge on any atom is 0.279 e. The van der Waals surface area contributed by atoms with Gasteiger partial charge in [-0.25, -0.2) is 0 Å². The van der Waals surface area contributed by atoms with Crippen molar-refractivity contribution in [2.24, 2.45) is 0 Å². The smallest absolute Gasteiger partial charge is 0.279 e. The second-order valence-corrected chi connectivity index (χ2v) is 6.25. The number of hydrogen-bond acceptors (Lipinski definition) is 3. The molecule has 2 N–H and O–H groups in total. The Hall–Kier alpha value is -1.56. The van der Waals surface area contributed by atoms with E-state index in [1.165, 1.54) is 4.88 Å². The van der Waals surface area contributed by atoms with Crippen molar-refractivity contribution in [2.45, 2.75) is 6.54 Å². The molecule has 2 rings (SSSR count). The van der Waals surface area contributed by atoms with E-state index in [0.717, 1.165) is 11.4 Å². The van der Waals surface area contributed by atoms with Crippen LogP contribution in [0.25, 0.3) is 0 Å². The zero-order valence-corrected chi connectivity index (χ0v) is 13.6. The number of amides is 1. The molecular weight excluding hydrogens is 308 g/mol. The van der Waals surface area contributed by atoms with Crippen LogP contribution in [0.4, 0.5) is 5.69 Å². The molecule has 2 aromatic rings. The van der Waals surface area contributed by atoms with Crippen LogP contribution in [0.15, 0.2) is 35.7 Å². The number of anilines is 1. The van der Waals surface area contributed by atoms with E-state index in [2.05, 4.69) is 11.4 Å². The van der Waals surface area contributed by atoms with E-state index < -0.39 is 0 Å². The highest BCUT2D eigenvalue weighted by Gasteiger charge is 2.13. The molecule has 0 saturated heterocycles. The topological polar surface area (TPSA) is 42.8 Å². The number of likely N-dealkylation sites (N-methyl/N-ethyl adjacent to an activating group) is 1. The molecule has 1 aromatic carbocycles. The van der Waals surface area contributed by atoms with Gasteiger partial charge < -0.3 is 15.0 Å². The quantitative estimate of drug-likeness (QED) is 0.854. The van der Waals surface area contributed by atoms with Crippen LogP contribution in [0, 0.1) is 0 Å². The van der Waals surface area contributed by atoms with Gasteiger partial charge in [-0.2, -0.15) is 0 Å². The molecule has 6 heteroatoms. The van der Waals surface area contributed by atoms with Crippen LogP contribution in [0.5, 0.6) is 5.75 Å². The maximum absolute atomic E-state index is 12.1. The van der Waals surface area contributed by atoms with Gasteiger partial charge in [0.25, 0.3) is 5.91 Å². The van der Waals surface area contributed by atoms with Gasteiger partial charge in [0.15, 0.2) is 6.54 Å². The van der Waals surface area contributed by atoms with E-state index in [0.29, 0.717) is 23.0 Å². The number of carbonyl (C=O) groups is 1. The van der Waals surface area contributed by atoms with Crippen LogP contribution in [0.1, 0.15) is 4.88 Å². The molecule has 21 heavy (non-hydrogen) atoms. The van der Waals surface area contributed by atoms with Crippen molar-refractivity contribution in [3.05, 3.63) is 45.6 Å². The lowest BCUT2D eigenvalue weighted by Crippen LogP contribution is -3.08. The van der Waals surface area contributed by atoms with Crippen LogP contribution in [-0.2, 0) is 11.3 Å². The summed E-state index contributed by atoms with van der Waals surface area (Å²) in [6.07, 6.45) is 0. The number of nitrogens with one attached hydrogen (secondary N) is 2. The first kappa shape index (κ1) is 15.8. The number of benzene rings is 1. The average molecular weight is 326 g/mol. The first-order valence-corrected chi connectivity index (χ1v) is 7.81. The molecule has 4 nitrogen and oxygen atoms in total. The van der Waals surface area contributed by atoms with E-state index in [1.807, 2.05) is 18.5 Å². The molecule has 1 atom stereocenters. The molecule has 0 radical (unpaired) electrons. The Bertz CT molecular complexity index is 602. The molecule has 112 valence electrons. The third-order valence-corrected chi connectivity index (χ3v) is 4.07. The van der Waals surface area contributed by atoms with Gasteiger partial charge in [0.05, 0.1) is 24.7 Å². The van der Waals surface area contributed by atoms with E-state index in [1.54, 1.807) is 36.6 Å². The molecule has 0 aliphatic rings. The summed E-state index contributed by atoms with van der Waals surface area (Å²) in [6.45, 7) is 1.21. The van der Waals surface area contributed by atoms with Crippen LogP contribution in [0.2, 0.25) is 5.02 Å². The van der Waals surface area contributed by atoms with Crippen molar-refractivity contribution in [1.29, 1.82) is 0 Å². The predicted octanol–water partition coefficient (Wildman–Crippen LogP) is 2.06. The van der Waals surface area contributed by atoms with Crippen molar-refractivity contribution >= 4 is 34.5 Å². The van der Waals surface area contributed by atoms with E-state index in [9.17, 15) is 4.79 Å². The standard InChI is InChI=1S/C15H17ClN2O2S/c1-18(9-12-4-3-7-21-12)10-15(19)17-13-8-11(16)5-6-14(13)20-2/h3-8H,9-10H2,1-2H3,(H,17,19)/p+1. The monoisotopic (exact) mass is 325 g/mol. The number of ether oxygens (including phenoxy) is 1. The number of halogens is 1. The summed E-state index contributed by atoms with van der Waals surface area (Å²) in [6, 6.07) is 9.24. The van der Waals surface area contributed by atoms with Crippen molar-refractivity contribution < 1.29 is 14.4 Å². The van der Waals surface area contributed by atoms with E-state index >= 15 is 0 Å². The Morgan fingerprint density at radius 2 is 2.24 bits per heavy atom. The number of rotatable bonds is 6. The van der Waals surface area contributed by atoms with Crippen molar-refractivity contribution in [3.8, 4) is 5.75 Å². The van der Waals surface area contributed by atoms with E-state index in [4.69, 9.17) is 16.3 Å². The van der Waals surface area contributed by atoms with Gasteiger partial charge in [0, 0.05) is 5.02 Å². The molecule has 0 saturated carbocycles. The normalized spacial score (nSPS) is 12.0. The number of thiophene rings is 1. The first-order chi connectivity index (χ1) is 10.1. The van der Waals surface area contributed by atoms with Gasteiger partial charge in [-0.3, -0.25) is 4.79 Å². The van der Waals surface area contributed by atoms with Gasteiger partial charge >= 0.3 is 0 Å². The third-order valence-electron chi connectivity index (χ3n) is 2.95. The highest BCUT2D eigenvalue weighted by Crippen LogP contribution is 2.27. The lowest BCUT2D eigenvalue weighted by Gasteiger charge is -2.14. The minimum atomic E-state index is -0.0652. The van der Waals surface area contributed by atoms with Crippen LogP contribution >= 0.6 is 22.9 Å². The first-order valence-electron chi connectivity index (χ1n) is 6.55. The molecule has 0 aliphatic heterocycles. The zero-order chi connectivity index (χ0) is 15.2. The number of hydrogen-bond donors (Lipinski definition) is 2. The molecule has 0 spiro atoms. The summed E-state index contributed by atoms with van der Waals surface area (Å²) in [5.41, 5.74) is 0.596. The summed E-state index contributed by atoms with van der Waals surface area (Å²) in [7, 11) is 3.56. The Balaban J connectivity index is 1.93. The molecule has 0 bridgehead atoms. The lowest BCUT2D eigenvalue weighted by molar-refractivity contribution is -0.884. The summed E-state index contributed by atoms with van der Waals surface area (Å²) >= 11 is 7.65. The lowest BCUT2D eigenvalue weighted by atomic mass is 10.3. The summed E-state index contributed by atoms with van der Waals surface area (Å²) in [5, 5.41) is 5.45. The molecule has 0 fully saturated rings. The largest absolute Gasteiger partial charge is 0.495 e. The molecule has 1 unspecified atom stereocenters. The SMILES string of the molecule is COc1ccc(Cl)cc1NC(=O)C[NH+](C)Cc1cccs1. The Morgan fingerprint density at radius 3 is 2.90 bits per heavy atom. The molecular formula is C15H18ClN2O2S+. The second-order valence-electron chi connectivity index (χ2n) is 4.78. The van der Waals surface area contributed by atoms with E-state index in [-0.39, 0.29) is 5.91 Å². The zero-order valence-electron chi connectivity index (χ0n) is 12.0. The Labute approximate surface area is 133 Å². The second kappa shape index (κ2) is 7.45. The molecule has 1 amide bonds. The molecule has 0 aliphatic carbocycles. The molecule has 1 heterocycles. The van der Waals surface area contributed by atoms with Gasteiger partial charge in [0.1, 0.15) is 12.3 Å². The Morgan fingerprint density at radius 1 is 1.43 bits per heavy atom. The van der Waals surface area contributed by atoms with Crippen molar-refractivity contribution in [2.75, 3.05) is 26.0 Å². The van der Waals surface area contributed by atoms with Crippen molar-refractivity contribution in [3.63, 3.8) is 0 Å².